The van der Waals surface area contributed by atoms with E-state index < -0.39 is 0 Å². The highest BCUT2D eigenvalue weighted by Gasteiger charge is 2.08. The molecular formula is C11H16BrN5. The van der Waals surface area contributed by atoms with Gasteiger partial charge in [-0.25, -0.2) is 9.67 Å². The number of aromatic nitrogens is 5. The second-order valence-electron chi connectivity index (χ2n) is 4.04. The van der Waals surface area contributed by atoms with E-state index >= 15 is 0 Å². The van der Waals surface area contributed by atoms with Crippen molar-refractivity contribution in [2.45, 2.75) is 38.2 Å². The molecule has 0 saturated carbocycles. The van der Waals surface area contributed by atoms with Crippen LogP contribution in [0.2, 0.25) is 0 Å². The third-order valence-corrected chi connectivity index (χ3v) is 3.02. The SMILES string of the molecule is CCCn1cncc1Cn1cc(C(C)Br)nn1. The zero-order valence-electron chi connectivity index (χ0n) is 10.0. The number of aryl methyl sites for hydroxylation is 1. The van der Waals surface area contributed by atoms with Crippen LogP contribution in [0.3, 0.4) is 0 Å². The molecule has 92 valence electrons. The number of alkyl halides is 1. The molecule has 0 spiro atoms. The van der Waals surface area contributed by atoms with Gasteiger partial charge in [-0.15, -0.1) is 5.10 Å². The molecule has 0 N–H and O–H groups in total. The van der Waals surface area contributed by atoms with Crippen LogP contribution in [0, 0.1) is 0 Å². The summed E-state index contributed by atoms with van der Waals surface area (Å²) in [6.45, 7) is 5.90. The number of imidazole rings is 1. The Hall–Kier alpha value is -1.17. The van der Waals surface area contributed by atoms with Gasteiger partial charge in [0, 0.05) is 6.54 Å². The van der Waals surface area contributed by atoms with Crippen LogP contribution in [0.4, 0.5) is 0 Å². The predicted molar refractivity (Wildman–Crippen MR) is 69.0 cm³/mol. The molecule has 0 radical (unpaired) electrons. The lowest BCUT2D eigenvalue weighted by Crippen LogP contribution is -2.07. The van der Waals surface area contributed by atoms with Gasteiger partial charge >= 0.3 is 0 Å². The molecule has 0 amide bonds. The summed E-state index contributed by atoms with van der Waals surface area (Å²) in [5, 5.41) is 8.22. The van der Waals surface area contributed by atoms with E-state index in [4.69, 9.17) is 0 Å². The summed E-state index contributed by atoms with van der Waals surface area (Å²) in [5.74, 6) is 0. The molecule has 0 aliphatic carbocycles. The second-order valence-corrected chi connectivity index (χ2v) is 5.41. The van der Waals surface area contributed by atoms with E-state index in [0.29, 0.717) is 6.54 Å². The molecule has 0 saturated heterocycles. The first-order valence-corrected chi connectivity index (χ1v) is 6.65. The third kappa shape index (κ3) is 2.94. The molecule has 2 heterocycles. The molecular weight excluding hydrogens is 282 g/mol. The number of hydrogen-bond acceptors (Lipinski definition) is 3. The lowest BCUT2D eigenvalue weighted by molar-refractivity contribution is 0.583. The van der Waals surface area contributed by atoms with Crippen LogP contribution in [0.25, 0.3) is 0 Å². The van der Waals surface area contributed by atoms with E-state index in [-0.39, 0.29) is 4.83 Å². The Morgan fingerprint density at radius 3 is 2.94 bits per heavy atom. The van der Waals surface area contributed by atoms with Crippen molar-refractivity contribution in [2.75, 3.05) is 0 Å². The quantitative estimate of drug-likeness (QED) is 0.796. The van der Waals surface area contributed by atoms with Crippen LogP contribution >= 0.6 is 15.9 Å². The van der Waals surface area contributed by atoms with Gasteiger partial charge in [-0.05, 0) is 13.3 Å². The molecule has 5 nitrogen and oxygen atoms in total. The smallest absolute Gasteiger partial charge is 0.0960 e. The van der Waals surface area contributed by atoms with Gasteiger partial charge in [0.25, 0.3) is 0 Å². The van der Waals surface area contributed by atoms with E-state index in [1.165, 1.54) is 0 Å². The second kappa shape index (κ2) is 5.44. The Labute approximate surface area is 109 Å². The van der Waals surface area contributed by atoms with Gasteiger partial charge in [-0.3, -0.25) is 0 Å². The van der Waals surface area contributed by atoms with E-state index in [9.17, 15) is 0 Å². The molecule has 0 aliphatic rings. The Kier molecular flexibility index (Phi) is 3.93. The van der Waals surface area contributed by atoms with Crippen LogP contribution in [-0.2, 0) is 13.1 Å². The van der Waals surface area contributed by atoms with E-state index in [1.807, 2.05) is 30.3 Å². The van der Waals surface area contributed by atoms with Gasteiger partial charge in [0.1, 0.15) is 0 Å². The fraction of sp³-hybridized carbons (Fsp3) is 0.545. The molecule has 1 unspecified atom stereocenters. The number of halogens is 1. The first-order chi connectivity index (χ1) is 8.20. The minimum Gasteiger partial charge on any atom is -0.333 e. The molecule has 6 heteroatoms. The van der Waals surface area contributed by atoms with Crippen molar-refractivity contribution in [1.29, 1.82) is 0 Å². The van der Waals surface area contributed by atoms with Crippen molar-refractivity contribution < 1.29 is 0 Å². The summed E-state index contributed by atoms with van der Waals surface area (Å²) >= 11 is 3.48. The lowest BCUT2D eigenvalue weighted by Gasteiger charge is -2.05. The average Bonchev–Trinajstić information content (AvgIpc) is 2.90. The highest BCUT2D eigenvalue weighted by atomic mass is 79.9. The Bertz CT molecular complexity index is 474. The number of hydrogen-bond donors (Lipinski definition) is 0. The number of nitrogens with zero attached hydrogens (tertiary/aromatic N) is 5. The van der Waals surface area contributed by atoms with E-state index in [0.717, 1.165) is 24.4 Å². The summed E-state index contributed by atoms with van der Waals surface area (Å²) in [6, 6.07) is 0. The molecule has 17 heavy (non-hydrogen) atoms. The van der Waals surface area contributed by atoms with Gasteiger partial charge < -0.3 is 4.57 Å². The molecule has 2 aromatic rings. The first kappa shape index (κ1) is 12.3. The van der Waals surface area contributed by atoms with Crippen molar-refractivity contribution in [2.24, 2.45) is 0 Å². The monoisotopic (exact) mass is 297 g/mol. The zero-order valence-corrected chi connectivity index (χ0v) is 11.6. The minimum atomic E-state index is 0.233. The Balaban J connectivity index is 2.11. The number of rotatable bonds is 5. The molecule has 2 aromatic heterocycles. The Morgan fingerprint density at radius 1 is 1.47 bits per heavy atom. The fourth-order valence-electron chi connectivity index (χ4n) is 1.66. The third-order valence-electron chi connectivity index (χ3n) is 2.55. The average molecular weight is 298 g/mol. The summed E-state index contributed by atoms with van der Waals surface area (Å²) < 4.78 is 4.00. The zero-order chi connectivity index (χ0) is 12.3. The first-order valence-electron chi connectivity index (χ1n) is 5.73. The van der Waals surface area contributed by atoms with Crippen molar-refractivity contribution in [3.8, 4) is 0 Å². The molecule has 2 rings (SSSR count). The van der Waals surface area contributed by atoms with Crippen molar-refractivity contribution in [3.63, 3.8) is 0 Å². The predicted octanol–water partition coefficient (Wildman–Crippen LogP) is 2.39. The maximum Gasteiger partial charge on any atom is 0.0960 e. The lowest BCUT2D eigenvalue weighted by atomic mass is 10.4. The summed E-state index contributed by atoms with van der Waals surface area (Å²) in [6.07, 6.45) is 6.81. The van der Waals surface area contributed by atoms with Crippen molar-refractivity contribution >= 4 is 15.9 Å². The molecule has 0 aromatic carbocycles. The van der Waals surface area contributed by atoms with Crippen molar-refractivity contribution in [1.82, 2.24) is 24.5 Å². The van der Waals surface area contributed by atoms with Gasteiger partial charge in [0.05, 0.1) is 41.5 Å². The minimum absolute atomic E-state index is 0.233. The fourth-order valence-corrected chi connectivity index (χ4v) is 1.87. The van der Waals surface area contributed by atoms with Crippen molar-refractivity contribution in [3.05, 3.63) is 30.1 Å². The summed E-state index contributed by atoms with van der Waals surface area (Å²) in [5.41, 5.74) is 2.11. The van der Waals surface area contributed by atoms with E-state index in [2.05, 4.69) is 42.7 Å². The molecule has 0 fully saturated rings. The van der Waals surface area contributed by atoms with Crippen LogP contribution in [0.5, 0.6) is 0 Å². The van der Waals surface area contributed by atoms with Gasteiger partial charge in [0.2, 0.25) is 0 Å². The maximum absolute atomic E-state index is 4.17. The van der Waals surface area contributed by atoms with Crippen LogP contribution in [0.15, 0.2) is 18.7 Å². The Morgan fingerprint density at radius 2 is 2.29 bits per heavy atom. The highest BCUT2D eigenvalue weighted by molar-refractivity contribution is 9.09. The molecule has 1 atom stereocenters. The standard InChI is InChI=1S/C11H16BrN5/c1-3-4-16-8-13-5-10(16)6-17-7-11(9(2)12)14-15-17/h5,7-9H,3-4,6H2,1-2H3. The largest absolute Gasteiger partial charge is 0.333 e. The van der Waals surface area contributed by atoms with Crippen LogP contribution < -0.4 is 0 Å². The topological polar surface area (TPSA) is 48.5 Å². The van der Waals surface area contributed by atoms with Gasteiger partial charge in [0.15, 0.2) is 0 Å². The van der Waals surface area contributed by atoms with Gasteiger partial charge in [-0.2, -0.15) is 0 Å². The maximum atomic E-state index is 4.17. The highest BCUT2D eigenvalue weighted by Crippen LogP contribution is 2.18. The molecule has 0 aliphatic heterocycles. The molecule has 0 bridgehead atoms. The van der Waals surface area contributed by atoms with Gasteiger partial charge in [-0.1, -0.05) is 28.1 Å². The summed E-state index contributed by atoms with van der Waals surface area (Å²) in [7, 11) is 0. The van der Waals surface area contributed by atoms with E-state index in [1.54, 1.807) is 0 Å². The van der Waals surface area contributed by atoms with Crippen LogP contribution in [-0.4, -0.2) is 24.5 Å². The van der Waals surface area contributed by atoms with Crippen LogP contribution in [0.1, 0.15) is 36.5 Å². The normalized spacial score (nSPS) is 12.9. The summed E-state index contributed by atoms with van der Waals surface area (Å²) in [4.78, 5) is 4.40.